The zero-order chi connectivity index (χ0) is 4.50. The quantitative estimate of drug-likeness (QED) is 0.458. The van der Waals surface area contributed by atoms with Crippen LogP contribution < -0.4 is 29.6 Å². The van der Waals surface area contributed by atoms with Crippen molar-refractivity contribution in [1.29, 1.82) is 0 Å². The van der Waals surface area contributed by atoms with E-state index in [1.54, 1.807) is 0 Å². The van der Waals surface area contributed by atoms with Gasteiger partial charge in [-0.1, -0.05) is 0 Å². The molecule has 0 aromatic heterocycles. The summed E-state index contributed by atoms with van der Waals surface area (Å²) in [6.45, 7) is 0. The average Bonchev–Trinajstić information content (AvgIpc) is 0.722. The van der Waals surface area contributed by atoms with Gasteiger partial charge in [-0.05, 0) is 0 Å². The zero-order valence-electron chi connectivity index (χ0n) is 4.42. The first kappa shape index (κ1) is 16.0. The second-order valence-corrected chi connectivity index (χ2v) is 2.65. The van der Waals surface area contributed by atoms with Gasteiger partial charge in [0, 0.05) is 33.6 Å². The fourth-order valence-corrected chi connectivity index (χ4v) is 0. The van der Waals surface area contributed by atoms with Crippen LogP contribution in [0.3, 0.4) is 0 Å². The maximum atomic E-state index is 9.11. The van der Waals surface area contributed by atoms with Gasteiger partial charge in [0.25, 0.3) is 9.05 Å². The third kappa shape index (κ3) is 70.8. The van der Waals surface area contributed by atoms with Crippen LogP contribution in [0.5, 0.6) is 0 Å². The Labute approximate surface area is 85.9 Å². The average molecular weight is 335 g/mol. The molecular weight excluding hydrogens is 332 g/mol. The van der Waals surface area contributed by atoms with Crippen LogP contribution in [-0.4, -0.2) is 13.3 Å². The van der Waals surface area contributed by atoms with E-state index in [1.807, 2.05) is 0 Å². The largest absolute Gasteiger partial charge is 1.00 e. The van der Waals surface area contributed by atoms with Crippen LogP contribution in [0.4, 0.5) is 0 Å². The van der Waals surface area contributed by atoms with Gasteiger partial charge in [0.05, 0.1) is 0 Å². The molecule has 0 saturated heterocycles. The molecule has 0 heterocycles. The molecule has 0 aliphatic heterocycles. The van der Waals surface area contributed by atoms with Crippen molar-refractivity contribution in [2.24, 2.45) is 0 Å². The summed E-state index contributed by atoms with van der Waals surface area (Å²) in [6.07, 6.45) is 0. The Balaban J connectivity index is -0.0000000267. The topological polar surface area (TPSA) is 57.5 Å². The number of hydrogen-bond acceptors (Lipinski definition) is 2. The Morgan fingerprint density at radius 2 is 1.57 bits per heavy atom. The molecule has 0 bridgehead atoms. The molecule has 1 radical (unpaired) electrons. The summed E-state index contributed by atoms with van der Waals surface area (Å²) < 4.78 is 24.0. The van der Waals surface area contributed by atoms with Crippen molar-refractivity contribution in [3.8, 4) is 0 Å². The zero-order valence-corrected chi connectivity index (χ0v) is 9.22. The molecule has 0 aliphatic rings. The van der Waals surface area contributed by atoms with E-state index in [9.17, 15) is 0 Å². The summed E-state index contributed by atoms with van der Waals surface area (Å²) in [5.74, 6) is 0. The van der Waals surface area contributed by atoms with E-state index < -0.39 is 9.05 Å². The smallest absolute Gasteiger partial charge is 1.00 e. The molecule has 7 heteroatoms. The summed E-state index contributed by atoms with van der Waals surface area (Å²) in [4.78, 5) is 0. The van der Waals surface area contributed by atoms with Gasteiger partial charge < -0.3 is 1.43 Å². The van der Waals surface area contributed by atoms with E-state index in [4.69, 9.17) is 13.3 Å². The molecule has 0 atom stereocenters. The molecule has 0 aromatic carbocycles. The van der Waals surface area contributed by atoms with Crippen LogP contribution in [0, 0.1) is 0 Å². The first-order valence-corrected chi connectivity index (χ1v) is 3.10. The van der Waals surface area contributed by atoms with E-state index in [0.717, 1.165) is 0 Å². The van der Waals surface area contributed by atoms with E-state index in [2.05, 4.69) is 11.2 Å². The van der Waals surface area contributed by atoms with Gasteiger partial charge >= 0.3 is 29.6 Å². The van der Waals surface area contributed by atoms with Crippen LogP contribution in [0.1, 0.15) is 1.43 Å². The van der Waals surface area contributed by atoms with E-state index >= 15 is 0 Å². The minimum Gasteiger partial charge on any atom is -1.00 e. The Morgan fingerprint density at radius 1 is 1.57 bits per heavy atom. The number of rotatable bonds is 0. The van der Waals surface area contributed by atoms with Gasteiger partial charge in [-0.25, -0.2) is 0 Å². The Hall–Kier alpha value is 2.03. The molecule has 0 rings (SSSR count). The second-order valence-electron chi connectivity index (χ2n) is 0.448. The fourth-order valence-electron chi connectivity index (χ4n) is 0. The molecule has 0 aromatic rings. The van der Waals surface area contributed by atoms with Crippen LogP contribution >= 0.6 is 0 Å². The van der Waals surface area contributed by atoms with Crippen molar-refractivity contribution in [1.82, 2.24) is 0 Å². The van der Waals surface area contributed by atoms with Crippen molar-refractivity contribution in [3.05, 3.63) is 0 Å². The number of hydrogen-bond donors (Lipinski definition) is 2. The molecule has 2 N–H and O–H groups in total. The van der Waals surface area contributed by atoms with Crippen molar-refractivity contribution >= 4 is 20.2 Å². The Kier molecular flexibility index (Phi) is 14.1. The molecule has 7 heavy (non-hydrogen) atoms. The van der Waals surface area contributed by atoms with Gasteiger partial charge in [-0.15, -0.1) is 0 Å². The maximum Gasteiger partial charge on any atom is 1.00 e. The van der Waals surface area contributed by atoms with Crippen LogP contribution in [0.2, 0.25) is 0 Å². The Morgan fingerprint density at radius 3 is 1.57 bits per heavy atom. The van der Waals surface area contributed by atoms with E-state index in [-0.39, 0.29) is 53.4 Å². The summed E-state index contributed by atoms with van der Waals surface area (Å²) in [7, 11) is -3.83. The van der Waals surface area contributed by atoms with Crippen LogP contribution in [0.15, 0.2) is 0 Å². The van der Waals surface area contributed by atoms with Gasteiger partial charge in [-0.2, -0.15) is 4.21 Å². The summed E-state index contributed by atoms with van der Waals surface area (Å²) in [5, 5.41) is 0. The van der Waals surface area contributed by atoms with Gasteiger partial charge in [-0.3, -0.25) is 9.11 Å². The molecule has 0 amide bonds. The van der Waals surface area contributed by atoms with Gasteiger partial charge in [0.2, 0.25) is 0 Å². The van der Waals surface area contributed by atoms with Crippen LogP contribution in [0.25, 0.3) is 0 Å². The molecule has 0 fully saturated rings. The van der Waals surface area contributed by atoms with E-state index in [0.29, 0.717) is 0 Å². The molecule has 0 unspecified atom stereocenters. The monoisotopic (exact) mass is 335 g/mol. The molecule has 0 saturated carbocycles. The molecule has 3 nitrogen and oxygen atoms in total. The van der Waals surface area contributed by atoms with Crippen molar-refractivity contribution in [2.45, 2.75) is 0 Å². The first-order chi connectivity index (χ1) is 2.00. The van der Waals surface area contributed by atoms with Crippen molar-refractivity contribution in [3.63, 3.8) is 0 Å². The Bertz CT molecular complexity index is 100. The van der Waals surface area contributed by atoms with E-state index in [1.165, 1.54) is 0 Å². The van der Waals surface area contributed by atoms with Crippen molar-refractivity contribution in [2.75, 3.05) is 0 Å². The molecule has 0 spiro atoms. The SMILES string of the molecule is O=S(O)(O)=S.[Au].[H-].[Na+]. The third-order valence-corrected chi connectivity index (χ3v) is 0. The van der Waals surface area contributed by atoms with Gasteiger partial charge in [0.15, 0.2) is 0 Å². The first-order valence-electron chi connectivity index (χ1n) is 0.698. The molecular formula is H3AuNaO3S2. The molecule has 45 valence electrons. The minimum absolute atomic E-state index is 0. The second kappa shape index (κ2) is 6.15. The summed E-state index contributed by atoms with van der Waals surface area (Å²) >= 11 is 3.47. The standard InChI is InChI=1S/Au.Na.H2O3S2.H/c;;1-5(2,3)4;/h;;(H2,1,2,3,4);/q;+1;;-1. The fraction of sp³-hybridized carbons (Fsp3) is 0. The summed E-state index contributed by atoms with van der Waals surface area (Å²) in [6, 6.07) is 0. The van der Waals surface area contributed by atoms with Crippen molar-refractivity contribution < 1.29 is 66.7 Å². The normalized spacial score (nSPS) is 8.29. The minimum atomic E-state index is -3.83. The predicted octanol–water partition coefficient (Wildman–Crippen LogP) is -3.21. The third-order valence-electron chi connectivity index (χ3n) is 0. The predicted molar refractivity (Wildman–Crippen MR) is 21.9 cm³/mol. The molecule has 0 aliphatic carbocycles. The van der Waals surface area contributed by atoms with Gasteiger partial charge in [0.1, 0.15) is 0 Å². The summed E-state index contributed by atoms with van der Waals surface area (Å²) in [5.41, 5.74) is 0. The maximum absolute atomic E-state index is 9.11. The van der Waals surface area contributed by atoms with Crippen LogP contribution in [-0.2, 0) is 42.6 Å².